The second-order valence-corrected chi connectivity index (χ2v) is 7.69. The number of hydrogen-bond acceptors (Lipinski definition) is 6. The van der Waals surface area contributed by atoms with Crippen LogP contribution in [0.5, 0.6) is 11.5 Å². The van der Waals surface area contributed by atoms with Gasteiger partial charge in [0.1, 0.15) is 12.4 Å². The van der Waals surface area contributed by atoms with Crippen molar-refractivity contribution >= 4 is 22.6 Å². The number of carbonyl (C=O) groups is 1. The molecule has 0 atom stereocenters. The summed E-state index contributed by atoms with van der Waals surface area (Å²) < 4.78 is 26.3. The molecule has 0 unspecified atom stereocenters. The zero-order chi connectivity index (χ0) is 24.9. The first-order valence-corrected chi connectivity index (χ1v) is 10.8. The first kappa shape index (κ1) is 23.7. The van der Waals surface area contributed by atoms with Gasteiger partial charge in [0, 0.05) is 18.4 Å². The Balaban J connectivity index is 1.66. The normalized spacial score (nSPS) is 10.8. The number of halogens is 1. The number of rotatable bonds is 8. The van der Waals surface area contributed by atoms with Crippen LogP contribution in [0.3, 0.4) is 0 Å². The van der Waals surface area contributed by atoms with E-state index in [1.165, 1.54) is 49.2 Å². The van der Waals surface area contributed by atoms with Crippen molar-refractivity contribution in [3.8, 4) is 11.5 Å². The number of fused-ring (bicyclic) bond motifs is 1. The third-order valence-corrected chi connectivity index (χ3v) is 5.47. The monoisotopic (exact) mass is 478 g/mol. The molecule has 10 heteroatoms. The van der Waals surface area contributed by atoms with Crippen molar-refractivity contribution in [2.24, 2.45) is 0 Å². The van der Waals surface area contributed by atoms with E-state index in [-0.39, 0.29) is 29.8 Å². The number of hydrogen-bond donors (Lipinski definition) is 1. The summed E-state index contributed by atoms with van der Waals surface area (Å²) in [5.74, 6) is 0.0465. The number of methoxy groups -OCH3 is 2. The third-order valence-electron chi connectivity index (χ3n) is 5.47. The van der Waals surface area contributed by atoms with Gasteiger partial charge < -0.3 is 14.8 Å². The van der Waals surface area contributed by atoms with Crippen LogP contribution in [-0.4, -0.2) is 34.2 Å². The van der Waals surface area contributed by atoms with Gasteiger partial charge in [-0.25, -0.2) is 14.2 Å². The highest BCUT2D eigenvalue weighted by molar-refractivity contribution is 5.91. The fourth-order valence-corrected chi connectivity index (χ4v) is 3.78. The van der Waals surface area contributed by atoms with Crippen LogP contribution in [0.25, 0.3) is 11.0 Å². The highest BCUT2D eigenvalue weighted by Crippen LogP contribution is 2.27. The van der Waals surface area contributed by atoms with Crippen molar-refractivity contribution in [2.75, 3.05) is 19.5 Å². The summed E-state index contributed by atoms with van der Waals surface area (Å²) in [5.41, 5.74) is 0.188. The number of amides is 1. The van der Waals surface area contributed by atoms with Gasteiger partial charge in [0.15, 0.2) is 17.0 Å². The Labute approximate surface area is 199 Å². The number of aryl methyl sites for hydroxylation is 1. The van der Waals surface area contributed by atoms with Crippen LogP contribution >= 0.6 is 0 Å². The summed E-state index contributed by atoms with van der Waals surface area (Å²) in [7, 11) is 3.06. The molecule has 9 nitrogen and oxygen atoms in total. The number of benzene rings is 2. The summed E-state index contributed by atoms with van der Waals surface area (Å²) >= 11 is 0. The molecule has 4 aromatic rings. The molecule has 35 heavy (non-hydrogen) atoms. The Hall–Kier alpha value is -4.47. The highest BCUT2D eigenvalue weighted by Gasteiger charge is 2.17. The number of nitrogens with zero attached hydrogens (tertiary/aromatic N) is 3. The van der Waals surface area contributed by atoms with Crippen molar-refractivity contribution in [2.45, 2.75) is 19.5 Å². The van der Waals surface area contributed by atoms with E-state index in [1.807, 2.05) is 6.07 Å². The minimum Gasteiger partial charge on any atom is -0.493 e. The highest BCUT2D eigenvalue weighted by atomic mass is 19.1. The molecular weight excluding hydrogens is 455 g/mol. The van der Waals surface area contributed by atoms with Crippen LogP contribution in [-0.2, 0) is 24.3 Å². The first-order chi connectivity index (χ1) is 16.9. The van der Waals surface area contributed by atoms with Crippen molar-refractivity contribution < 1.29 is 18.7 Å². The second kappa shape index (κ2) is 10.2. The molecule has 0 radical (unpaired) electrons. The molecule has 0 aliphatic carbocycles. The number of carbonyl (C=O) groups excluding carboxylic acids is 1. The Morgan fingerprint density at radius 3 is 2.54 bits per heavy atom. The molecule has 1 amide bonds. The molecule has 4 rings (SSSR count). The molecule has 0 saturated heterocycles. The van der Waals surface area contributed by atoms with Gasteiger partial charge in [0.2, 0.25) is 5.91 Å². The fourth-order valence-electron chi connectivity index (χ4n) is 3.78. The van der Waals surface area contributed by atoms with E-state index in [9.17, 15) is 18.8 Å². The summed E-state index contributed by atoms with van der Waals surface area (Å²) in [6.07, 6.45) is 1.80. The van der Waals surface area contributed by atoms with E-state index >= 15 is 0 Å². The number of aromatic nitrogens is 3. The van der Waals surface area contributed by atoms with Gasteiger partial charge in [-0.15, -0.1) is 0 Å². The lowest BCUT2D eigenvalue weighted by Gasteiger charge is -2.14. The van der Waals surface area contributed by atoms with Gasteiger partial charge in [-0.2, -0.15) is 0 Å². The molecule has 2 aromatic carbocycles. The van der Waals surface area contributed by atoms with Crippen molar-refractivity contribution in [1.82, 2.24) is 14.1 Å². The lowest BCUT2D eigenvalue weighted by molar-refractivity contribution is -0.116. The lowest BCUT2D eigenvalue weighted by Crippen LogP contribution is -2.42. The van der Waals surface area contributed by atoms with E-state index in [0.29, 0.717) is 17.9 Å². The largest absolute Gasteiger partial charge is 0.493 e. The van der Waals surface area contributed by atoms with E-state index in [0.717, 1.165) is 10.1 Å². The molecule has 1 N–H and O–H groups in total. The van der Waals surface area contributed by atoms with Gasteiger partial charge in [-0.3, -0.25) is 18.7 Å². The minimum absolute atomic E-state index is 0.0607. The van der Waals surface area contributed by atoms with Gasteiger partial charge in [-0.05, 0) is 54.4 Å². The predicted octanol–water partition coefficient (Wildman–Crippen LogP) is 2.60. The summed E-state index contributed by atoms with van der Waals surface area (Å²) in [4.78, 5) is 43.2. The Kier molecular flexibility index (Phi) is 6.91. The molecule has 2 heterocycles. The zero-order valence-electron chi connectivity index (χ0n) is 19.2. The molecule has 0 aliphatic heterocycles. The SMILES string of the molecule is COc1ccc(CCn2c(=O)c3ncccc3n(CC(=O)Nc3cccc(F)c3)c2=O)cc1OC. The van der Waals surface area contributed by atoms with E-state index in [1.54, 1.807) is 24.3 Å². The van der Waals surface area contributed by atoms with Gasteiger partial charge in [-0.1, -0.05) is 12.1 Å². The Morgan fingerprint density at radius 1 is 1.00 bits per heavy atom. The van der Waals surface area contributed by atoms with E-state index in [4.69, 9.17) is 9.47 Å². The van der Waals surface area contributed by atoms with Gasteiger partial charge in [0.25, 0.3) is 5.56 Å². The zero-order valence-corrected chi connectivity index (χ0v) is 19.2. The average molecular weight is 478 g/mol. The molecule has 180 valence electrons. The lowest BCUT2D eigenvalue weighted by atomic mass is 10.1. The quantitative estimate of drug-likeness (QED) is 0.418. The van der Waals surface area contributed by atoms with Gasteiger partial charge in [0.05, 0.1) is 19.7 Å². The van der Waals surface area contributed by atoms with Gasteiger partial charge >= 0.3 is 5.69 Å². The first-order valence-electron chi connectivity index (χ1n) is 10.8. The molecule has 0 bridgehead atoms. The maximum atomic E-state index is 13.5. The summed E-state index contributed by atoms with van der Waals surface area (Å²) in [5, 5.41) is 2.57. The van der Waals surface area contributed by atoms with E-state index in [2.05, 4.69) is 10.3 Å². The Morgan fingerprint density at radius 2 is 1.80 bits per heavy atom. The maximum absolute atomic E-state index is 13.5. The van der Waals surface area contributed by atoms with Crippen molar-refractivity contribution in [3.05, 3.63) is 93.0 Å². The summed E-state index contributed by atoms with van der Waals surface area (Å²) in [6, 6.07) is 13.9. The number of pyridine rings is 1. The minimum atomic E-state index is -0.648. The molecule has 0 aliphatic rings. The fraction of sp³-hybridized carbons (Fsp3) is 0.200. The maximum Gasteiger partial charge on any atom is 0.332 e. The summed E-state index contributed by atoms with van der Waals surface area (Å²) in [6.45, 7) is -0.320. The predicted molar refractivity (Wildman–Crippen MR) is 129 cm³/mol. The molecule has 0 spiro atoms. The van der Waals surface area contributed by atoms with Crippen LogP contribution in [0.1, 0.15) is 5.56 Å². The van der Waals surface area contributed by atoms with Crippen molar-refractivity contribution in [3.63, 3.8) is 0 Å². The number of nitrogens with one attached hydrogen (secondary N) is 1. The number of anilines is 1. The van der Waals surface area contributed by atoms with Crippen molar-refractivity contribution in [1.29, 1.82) is 0 Å². The molecule has 0 fully saturated rings. The molecule has 0 saturated carbocycles. The number of ether oxygens (including phenoxy) is 2. The average Bonchev–Trinajstić information content (AvgIpc) is 2.86. The van der Waals surface area contributed by atoms with Crippen LogP contribution in [0.2, 0.25) is 0 Å². The Bertz CT molecular complexity index is 1510. The van der Waals surface area contributed by atoms with E-state index < -0.39 is 23.0 Å². The van der Waals surface area contributed by atoms with Crippen LogP contribution in [0, 0.1) is 5.82 Å². The molecular formula is C25H23FN4O5. The second-order valence-electron chi connectivity index (χ2n) is 7.69. The topological polar surface area (TPSA) is 104 Å². The van der Waals surface area contributed by atoms with Crippen LogP contribution in [0.4, 0.5) is 10.1 Å². The molecule has 2 aromatic heterocycles. The smallest absolute Gasteiger partial charge is 0.332 e. The standard InChI is InChI=1S/C25H23FN4O5/c1-34-20-9-8-16(13-21(20)35-2)10-12-29-24(32)23-19(7-4-11-27-23)30(25(29)33)15-22(31)28-18-6-3-5-17(26)14-18/h3-9,11,13-14H,10,12,15H2,1-2H3,(H,28,31). The third kappa shape index (κ3) is 5.06. The van der Waals surface area contributed by atoms with Crippen LogP contribution in [0.15, 0.2) is 70.4 Å². The van der Waals surface area contributed by atoms with Crippen LogP contribution < -0.4 is 26.0 Å².